The molecule has 0 aliphatic heterocycles. The van der Waals surface area contributed by atoms with E-state index in [-0.39, 0.29) is 18.0 Å². The maximum atomic E-state index is 11.8. The van der Waals surface area contributed by atoms with E-state index in [4.69, 9.17) is 9.84 Å². The summed E-state index contributed by atoms with van der Waals surface area (Å²) in [6, 6.07) is 9.50. The van der Waals surface area contributed by atoms with Gasteiger partial charge in [0.05, 0.1) is 37.5 Å². The number of aliphatic imine (C=N–C) groups is 1. The number of benzene rings is 1. The first-order chi connectivity index (χ1) is 13.4. The Kier molecular flexibility index (Phi) is 5.91. The number of carboxylic acid groups (broad SMARTS) is 1. The Bertz CT molecular complexity index is 1040. The van der Waals surface area contributed by atoms with Crippen LogP contribution in [0.5, 0.6) is 5.75 Å². The van der Waals surface area contributed by atoms with E-state index in [0.29, 0.717) is 16.4 Å². The zero-order valence-corrected chi connectivity index (χ0v) is 16.6. The largest absolute Gasteiger partial charge is 0.497 e. The van der Waals surface area contributed by atoms with Crippen LogP contribution in [0.1, 0.15) is 22.2 Å². The minimum atomic E-state index is -1.02. The number of amidine groups is 1. The van der Waals surface area contributed by atoms with Crippen molar-refractivity contribution in [2.45, 2.75) is 13.8 Å². The van der Waals surface area contributed by atoms with E-state index < -0.39 is 5.97 Å². The number of ether oxygens (including phenoxy) is 1. The number of thiophene rings is 1. The minimum absolute atomic E-state index is 0.0685. The Morgan fingerprint density at radius 3 is 2.64 bits per heavy atom. The van der Waals surface area contributed by atoms with Gasteiger partial charge in [0.2, 0.25) is 0 Å². The number of carboxylic acids is 1. The second kappa shape index (κ2) is 8.37. The molecule has 0 fully saturated rings. The lowest BCUT2D eigenvalue weighted by Crippen LogP contribution is -2.11. The van der Waals surface area contributed by atoms with Crippen molar-refractivity contribution in [2.75, 3.05) is 25.6 Å². The van der Waals surface area contributed by atoms with Crippen molar-refractivity contribution >= 4 is 39.0 Å². The monoisotopic (exact) mass is 399 g/mol. The molecule has 1 aromatic carbocycles. The molecule has 0 saturated heterocycles. The summed E-state index contributed by atoms with van der Waals surface area (Å²) in [6.07, 6.45) is 0. The minimum Gasteiger partial charge on any atom is -0.497 e. The number of carbonyl (C=O) groups is 1. The number of aryl methyl sites for hydroxylation is 1. The summed E-state index contributed by atoms with van der Waals surface area (Å²) >= 11 is 1.13. The average molecular weight is 399 g/mol. The smallest absolute Gasteiger partial charge is 0.348 e. The fourth-order valence-corrected chi connectivity index (χ4v) is 3.95. The lowest BCUT2D eigenvalue weighted by molar-refractivity contribution is 0.0703. The van der Waals surface area contributed by atoms with E-state index in [2.05, 4.69) is 15.3 Å². The number of aliphatic hydroxyl groups excluding tert-OH is 1. The molecular formula is C20H21N3O4S. The molecule has 28 heavy (non-hydrogen) atoms. The van der Waals surface area contributed by atoms with E-state index >= 15 is 0 Å². The quantitative estimate of drug-likeness (QED) is 0.430. The number of fused-ring (bicyclic) bond motifs is 1. The van der Waals surface area contributed by atoms with Gasteiger partial charge in [0.15, 0.2) is 0 Å². The normalized spacial score (nSPS) is 11.6. The highest BCUT2D eigenvalue weighted by Gasteiger charge is 2.21. The summed E-state index contributed by atoms with van der Waals surface area (Å²) in [7, 11) is 1.61. The van der Waals surface area contributed by atoms with Gasteiger partial charge < -0.3 is 20.3 Å². The van der Waals surface area contributed by atoms with E-state index in [1.807, 2.05) is 37.3 Å². The topological polar surface area (TPSA) is 104 Å². The summed E-state index contributed by atoms with van der Waals surface area (Å²) in [5.74, 6) is 0.274. The Labute approximate surface area is 166 Å². The molecule has 8 heteroatoms. The summed E-state index contributed by atoms with van der Waals surface area (Å²) in [6.45, 7) is 3.85. The maximum absolute atomic E-state index is 11.8. The zero-order chi connectivity index (χ0) is 20.3. The number of rotatable bonds is 6. The van der Waals surface area contributed by atoms with Crippen LogP contribution in [-0.2, 0) is 0 Å². The lowest BCUT2D eigenvalue weighted by Gasteiger charge is -2.09. The number of aliphatic hydroxyl groups is 1. The number of aromatic carboxylic acids is 1. The van der Waals surface area contributed by atoms with Crippen molar-refractivity contribution < 1.29 is 19.7 Å². The third-order valence-corrected chi connectivity index (χ3v) is 5.27. The van der Waals surface area contributed by atoms with Crippen LogP contribution in [0.25, 0.3) is 21.5 Å². The molecule has 0 aliphatic rings. The van der Waals surface area contributed by atoms with E-state index in [1.165, 1.54) is 0 Å². The SMILES string of the molecule is COc1ccc(-c2cc(C)c3c(NC(C)=NCCO)c(C(=O)O)sc3n2)cc1. The first-order valence-electron chi connectivity index (χ1n) is 8.65. The fourth-order valence-electron chi connectivity index (χ4n) is 2.90. The van der Waals surface area contributed by atoms with Gasteiger partial charge in [-0.25, -0.2) is 9.78 Å². The summed E-state index contributed by atoms with van der Waals surface area (Å²) < 4.78 is 5.19. The van der Waals surface area contributed by atoms with Gasteiger partial charge in [-0.1, -0.05) is 0 Å². The Hall–Kier alpha value is -2.97. The highest BCUT2D eigenvalue weighted by Crippen LogP contribution is 2.38. The number of pyridine rings is 1. The maximum Gasteiger partial charge on any atom is 0.348 e. The molecule has 2 aromatic heterocycles. The van der Waals surface area contributed by atoms with E-state index in [0.717, 1.165) is 39.3 Å². The van der Waals surface area contributed by atoms with Crippen LogP contribution >= 0.6 is 11.3 Å². The molecule has 2 heterocycles. The zero-order valence-electron chi connectivity index (χ0n) is 15.8. The first kappa shape index (κ1) is 19.8. The molecule has 3 rings (SSSR count). The van der Waals surface area contributed by atoms with Crippen molar-refractivity contribution in [1.82, 2.24) is 4.98 Å². The van der Waals surface area contributed by atoms with E-state index in [9.17, 15) is 9.90 Å². The fraction of sp³-hybridized carbons (Fsp3) is 0.250. The Morgan fingerprint density at radius 2 is 2.04 bits per heavy atom. The van der Waals surface area contributed by atoms with Crippen molar-refractivity contribution in [1.29, 1.82) is 0 Å². The van der Waals surface area contributed by atoms with E-state index in [1.54, 1.807) is 14.0 Å². The van der Waals surface area contributed by atoms with Crippen molar-refractivity contribution in [3.8, 4) is 17.0 Å². The third kappa shape index (κ3) is 3.97. The van der Waals surface area contributed by atoms with Crippen molar-refractivity contribution in [3.63, 3.8) is 0 Å². The van der Waals surface area contributed by atoms with Crippen molar-refractivity contribution in [2.24, 2.45) is 4.99 Å². The second-order valence-electron chi connectivity index (χ2n) is 6.16. The number of nitrogens with one attached hydrogen (secondary N) is 1. The third-order valence-electron chi connectivity index (χ3n) is 4.19. The number of anilines is 1. The summed E-state index contributed by atoms with van der Waals surface area (Å²) in [4.78, 5) is 21.4. The van der Waals surface area contributed by atoms with Crippen LogP contribution in [0.15, 0.2) is 35.3 Å². The Morgan fingerprint density at radius 1 is 1.32 bits per heavy atom. The van der Waals surface area contributed by atoms with Gasteiger partial charge >= 0.3 is 5.97 Å². The van der Waals surface area contributed by atoms with Crippen molar-refractivity contribution in [3.05, 3.63) is 40.8 Å². The molecule has 0 bridgehead atoms. The first-order valence-corrected chi connectivity index (χ1v) is 9.47. The van der Waals surface area contributed by atoms with Gasteiger partial charge in [-0.15, -0.1) is 11.3 Å². The standard InChI is InChI=1S/C20H21N3O4S/c1-11-10-15(13-4-6-14(27-3)7-5-13)23-19-16(11)17(18(28-19)20(25)26)22-12(2)21-8-9-24/h4-7,10,24H,8-9H2,1-3H3,(H,21,22)(H,25,26). The molecule has 0 atom stereocenters. The predicted molar refractivity (Wildman–Crippen MR) is 112 cm³/mol. The van der Waals surface area contributed by atoms with Gasteiger partial charge in [0.25, 0.3) is 0 Å². The van der Waals surface area contributed by atoms with Gasteiger partial charge in [-0.05, 0) is 49.7 Å². The van der Waals surface area contributed by atoms with Crippen LogP contribution in [0.3, 0.4) is 0 Å². The van der Waals surface area contributed by atoms with Crippen LogP contribution in [0.2, 0.25) is 0 Å². The van der Waals surface area contributed by atoms with Crippen LogP contribution in [-0.4, -0.2) is 47.3 Å². The molecule has 3 aromatic rings. The number of methoxy groups -OCH3 is 1. The predicted octanol–water partition coefficient (Wildman–Crippen LogP) is 3.80. The molecule has 0 saturated carbocycles. The molecule has 0 spiro atoms. The number of nitrogens with zero attached hydrogens (tertiary/aromatic N) is 2. The molecule has 0 unspecified atom stereocenters. The molecule has 7 nitrogen and oxygen atoms in total. The highest BCUT2D eigenvalue weighted by molar-refractivity contribution is 7.21. The average Bonchev–Trinajstić information content (AvgIpc) is 3.05. The van der Waals surface area contributed by atoms with Gasteiger partial charge in [0.1, 0.15) is 15.5 Å². The highest BCUT2D eigenvalue weighted by atomic mass is 32.1. The summed E-state index contributed by atoms with van der Waals surface area (Å²) in [5, 5.41) is 22.4. The molecule has 0 radical (unpaired) electrons. The second-order valence-corrected chi connectivity index (χ2v) is 7.16. The summed E-state index contributed by atoms with van der Waals surface area (Å²) in [5.41, 5.74) is 3.09. The number of hydrogen-bond donors (Lipinski definition) is 3. The molecule has 146 valence electrons. The van der Waals surface area contributed by atoms with Gasteiger partial charge in [-0.2, -0.15) is 0 Å². The van der Waals surface area contributed by atoms with Crippen LogP contribution in [0, 0.1) is 6.92 Å². The molecule has 0 aliphatic carbocycles. The number of hydrogen-bond acceptors (Lipinski definition) is 6. The van der Waals surface area contributed by atoms with Crippen LogP contribution in [0.4, 0.5) is 5.69 Å². The lowest BCUT2D eigenvalue weighted by atomic mass is 10.1. The Balaban J connectivity index is 2.11. The van der Waals surface area contributed by atoms with Gasteiger partial charge in [-0.3, -0.25) is 4.99 Å². The molecular weight excluding hydrogens is 378 g/mol. The number of aromatic nitrogens is 1. The molecule has 0 amide bonds. The van der Waals surface area contributed by atoms with Gasteiger partial charge in [0, 0.05) is 10.9 Å². The van der Waals surface area contributed by atoms with Crippen LogP contribution < -0.4 is 10.1 Å². The molecule has 3 N–H and O–H groups in total.